The first kappa shape index (κ1) is 13.7. The maximum absolute atomic E-state index is 11.3. The number of carbonyl (C=O) groups is 2. The number of hydrogen-bond donors (Lipinski definition) is 1. The van der Waals surface area contributed by atoms with Crippen molar-refractivity contribution >= 4 is 11.9 Å². The Hall–Kier alpha value is -2.70. The standard InChI is InChI=1S/C13H13N3O4/c1-2-20-12(17)7-10-8-16(15-14-10)11-5-3-9(4-6-11)13(18)19/h3-6,8H,2,7H2,1H3,(H,18,19). The van der Waals surface area contributed by atoms with Crippen molar-refractivity contribution in [1.29, 1.82) is 0 Å². The van der Waals surface area contributed by atoms with Gasteiger partial charge in [-0.15, -0.1) is 5.10 Å². The van der Waals surface area contributed by atoms with Gasteiger partial charge in [0.1, 0.15) is 0 Å². The molecule has 0 spiro atoms. The number of hydrogen-bond acceptors (Lipinski definition) is 5. The van der Waals surface area contributed by atoms with Crippen LogP contribution in [0.4, 0.5) is 0 Å². The molecule has 0 radical (unpaired) electrons. The molecule has 0 fully saturated rings. The number of carboxylic acids is 1. The molecule has 0 unspecified atom stereocenters. The number of ether oxygens (including phenoxy) is 1. The third-order valence-corrected chi connectivity index (χ3v) is 2.55. The van der Waals surface area contributed by atoms with Gasteiger partial charge in [-0.05, 0) is 31.2 Å². The van der Waals surface area contributed by atoms with Gasteiger partial charge >= 0.3 is 11.9 Å². The molecule has 0 saturated carbocycles. The smallest absolute Gasteiger partial charge is 0.335 e. The van der Waals surface area contributed by atoms with Crippen molar-refractivity contribution < 1.29 is 19.4 Å². The normalized spacial score (nSPS) is 10.2. The molecule has 0 atom stereocenters. The van der Waals surface area contributed by atoms with Crippen LogP contribution in [0.3, 0.4) is 0 Å². The topological polar surface area (TPSA) is 94.3 Å². The molecular weight excluding hydrogens is 262 g/mol. The van der Waals surface area contributed by atoms with Gasteiger partial charge < -0.3 is 9.84 Å². The third-order valence-electron chi connectivity index (χ3n) is 2.55. The maximum Gasteiger partial charge on any atom is 0.335 e. The van der Waals surface area contributed by atoms with Crippen LogP contribution in [-0.2, 0) is 16.0 Å². The zero-order valence-corrected chi connectivity index (χ0v) is 10.8. The van der Waals surface area contributed by atoms with Crippen LogP contribution in [0, 0.1) is 0 Å². The van der Waals surface area contributed by atoms with E-state index in [2.05, 4.69) is 10.3 Å². The molecule has 7 heteroatoms. The van der Waals surface area contributed by atoms with Crippen molar-refractivity contribution in [2.24, 2.45) is 0 Å². The minimum Gasteiger partial charge on any atom is -0.478 e. The van der Waals surface area contributed by atoms with Gasteiger partial charge in [0.05, 0.1) is 36.2 Å². The van der Waals surface area contributed by atoms with E-state index in [1.54, 1.807) is 25.3 Å². The molecule has 1 aromatic carbocycles. The number of rotatable bonds is 5. The molecule has 0 aliphatic carbocycles. The lowest BCUT2D eigenvalue weighted by molar-refractivity contribution is -0.142. The van der Waals surface area contributed by atoms with E-state index in [4.69, 9.17) is 9.84 Å². The molecule has 1 aromatic heterocycles. The lowest BCUT2D eigenvalue weighted by atomic mass is 10.2. The fourth-order valence-electron chi connectivity index (χ4n) is 1.62. The predicted octanol–water partition coefficient (Wildman–Crippen LogP) is 1.07. The van der Waals surface area contributed by atoms with Crippen molar-refractivity contribution in [3.8, 4) is 5.69 Å². The summed E-state index contributed by atoms with van der Waals surface area (Å²) in [6, 6.07) is 6.19. The predicted molar refractivity (Wildman–Crippen MR) is 68.7 cm³/mol. The fourth-order valence-corrected chi connectivity index (χ4v) is 1.62. The summed E-state index contributed by atoms with van der Waals surface area (Å²) in [4.78, 5) is 22.1. The second kappa shape index (κ2) is 5.96. The molecule has 0 aliphatic rings. The molecule has 104 valence electrons. The Balaban J connectivity index is 2.12. The van der Waals surface area contributed by atoms with E-state index in [1.807, 2.05) is 0 Å². The quantitative estimate of drug-likeness (QED) is 0.820. The summed E-state index contributed by atoms with van der Waals surface area (Å²) in [7, 11) is 0. The highest BCUT2D eigenvalue weighted by molar-refractivity contribution is 5.87. The van der Waals surface area contributed by atoms with Crippen LogP contribution in [0.5, 0.6) is 0 Å². The average Bonchev–Trinajstić information content (AvgIpc) is 2.87. The van der Waals surface area contributed by atoms with E-state index in [1.165, 1.54) is 16.8 Å². The summed E-state index contributed by atoms with van der Waals surface area (Å²) in [5, 5.41) is 16.6. The van der Waals surface area contributed by atoms with E-state index in [9.17, 15) is 9.59 Å². The molecule has 0 amide bonds. The Morgan fingerprint density at radius 1 is 1.30 bits per heavy atom. The molecule has 0 aliphatic heterocycles. The van der Waals surface area contributed by atoms with Crippen molar-refractivity contribution in [3.63, 3.8) is 0 Å². The van der Waals surface area contributed by atoms with Gasteiger partial charge in [-0.3, -0.25) is 4.79 Å². The van der Waals surface area contributed by atoms with E-state index in [0.717, 1.165) is 0 Å². The van der Waals surface area contributed by atoms with Gasteiger partial charge in [-0.25, -0.2) is 9.48 Å². The lowest BCUT2D eigenvalue weighted by Gasteiger charge is -2.00. The summed E-state index contributed by atoms with van der Waals surface area (Å²) in [5.74, 6) is -1.35. The Morgan fingerprint density at radius 2 is 2.00 bits per heavy atom. The lowest BCUT2D eigenvalue weighted by Crippen LogP contribution is -2.07. The Labute approximate surface area is 114 Å². The third kappa shape index (κ3) is 3.19. The Bertz CT molecular complexity index is 619. The van der Waals surface area contributed by atoms with Crippen molar-refractivity contribution in [2.75, 3.05) is 6.61 Å². The van der Waals surface area contributed by atoms with E-state index < -0.39 is 5.97 Å². The Kier molecular flexibility index (Phi) is 4.09. The summed E-state index contributed by atoms with van der Waals surface area (Å²) >= 11 is 0. The number of aromatic nitrogens is 3. The van der Waals surface area contributed by atoms with Crippen LogP contribution in [-0.4, -0.2) is 38.6 Å². The first-order chi connectivity index (χ1) is 9.60. The highest BCUT2D eigenvalue weighted by atomic mass is 16.5. The van der Waals surface area contributed by atoms with Gasteiger partial charge in [0.25, 0.3) is 0 Å². The highest BCUT2D eigenvalue weighted by Crippen LogP contribution is 2.09. The van der Waals surface area contributed by atoms with Crippen LogP contribution in [0.15, 0.2) is 30.5 Å². The molecule has 2 rings (SSSR count). The van der Waals surface area contributed by atoms with Crippen LogP contribution >= 0.6 is 0 Å². The van der Waals surface area contributed by atoms with Crippen molar-refractivity contribution in [3.05, 3.63) is 41.7 Å². The molecule has 0 saturated heterocycles. The molecular formula is C13H13N3O4. The minimum absolute atomic E-state index is 0.0566. The average molecular weight is 275 g/mol. The van der Waals surface area contributed by atoms with E-state index >= 15 is 0 Å². The van der Waals surface area contributed by atoms with Gasteiger partial charge in [0.2, 0.25) is 0 Å². The number of carboxylic acid groups (broad SMARTS) is 1. The van der Waals surface area contributed by atoms with E-state index in [-0.39, 0.29) is 18.0 Å². The Morgan fingerprint density at radius 3 is 2.60 bits per heavy atom. The SMILES string of the molecule is CCOC(=O)Cc1cn(-c2ccc(C(=O)O)cc2)nn1. The van der Waals surface area contributed by atoms with Crippen LogP contribution < -0.4 is 0 Å². The maximum atomic E-state index is 11.3. The highest BCUT2D eigenvalue weighted by Gasteiger charge is 2.09. The summed E-state index contributed by atoms with van der Waals surface area (Å²) in [6.45, 7) is 2.06. The molecule has 2 aromatic rings. The summed E-state index contributed by atoms with van der Waals surface area (Å²) in [6.07, 6.45) is 1.66. The van der Waals surface area contributed by atoms with Crippen LogP contribution in [0.1, 0.15) is 23.0 Å². The second-order valence-electron chi connectivity index (χ2n) is 3.99. The monoisotopic (exact) mass is 275 g/mol. The molecule has 20 heavy (non-hydrogen) atoms. The van der Waals surface area contributed by atoms with Crippen LogP contribution in [0.2, 0.25) is 0 Å². The number of nitrogens with zero attached hydrogens (tertiary/aromatic N) is 3. The second-order valence-corrected chi connectivity index (χ2v) is 3.99. The first-order valence-corrected chi connectivity index (χ1v) is 6.00. The molecule has 7 nitrogen and oxygen atoms in total. The summed E-state index contributed by atoms with van der Waals surface area (Å²) in [5.41, 5.74) is 1.35. The summed E-state index contributed by atoms with van der Waals surface area (Å²) < 4.78 is 6.29. The minimum atomic E-state index is -0.988. The van der Waals surface area contributed by atoms with E-state index in [0.29, 0.717) is 18.0 Å². The van der Waals surface area contributed by atoms with Crippen molar-refractivity contribution in [1.82, 2.24) is 15.0 Å². The molecule has 1 N–H and O–H groups in total. The van der Waals surface area contributed by atoms with Crippen LogP contribution in [0.25, 0.3) is 5.69 Å². The zero-order valence-electron chi connectivity index (χ0n) is 10.8. The van der Waals surface area contributed by atoms with Gasteiger partial charge in [0, 0.05) is 0 Å². The van der Waals surface area contributed by atoms with Gasteiger partial charge in [-0.2, -0.15) is 0 Å². The van der Waals surface area contributed by atoms with Crippen molar-refractivity contribution in [2.45, 2.75) is 13.3 Å². The number of esters is 1. The number of aromatic carboxylic acids is 1. The zero-order chi connectivity index (χ0) is 14.5. The van der Waals surface area contributed by atoms with Gasteiger partial charge in [-0.1, -0.05) is 5.21 Å². The first-order valence-electron chi connectivity index (χ1n) is 6.00. The molecule has 0 bridgehead atoms. The fraction of sp³-hybridized carbons (Fsp3) is 0.231. The number of carbonyl (C=O) groups excluding carboxylic acids is 1. The molecule has 1 heterocycles. The largest absolute Gasteiger partial charge is 0.478 e. The number of benzene rings is 1. The van der Waals surface area contributed by atoms with Gasteiger partial charge in [0.15, 0.2) is 0 Å².